The molecule has 1 aromatic heterocycles. The van der Waals surface area contributed by atoms with Crippen molar-refractivity contribution >= 4 is 21.6 Å². The van der Waals surface area contributed by atoms with Gasteiger partial charge in [-0.25, -0.2) is 13.1 Å². The van der Waals surface area contributed by atoms with Crippen molar-refractivity contribution in [2.45, 2.75) is 18.7 Å². The molecular formula is C23H27N5O3S. The minimum absolute atomic E-state index is 0.128. The van der Waals surface area contributed by atoms with E-state index in [0.29, 0.717) is 37.6 Å². The van der Waals surface area contributed by atoms with E-state index in [1.165, 1.54) is 16.4 Å². The zero-order chi connectivity index (χ0) is 22.9. The molecule has 32 heavy (non-hydrogen) atoms. The molecule has 2 heterocycles. The molecule has 1 aliphatic rings. The average Bonchev–Trinajstić information content (AvgIpc) is 3.08. The van der Waals surface area contributed by atoms with E-state index >= 15 is 0 Å². The molecule has 0 saturated carbocycles. The number of benzene rings is 2. The van der Waals surface area contributed by atoms with Gasteiger partial charge in [0.2, 0.25) is 10.0 Å². The van der Waals surface area contributed by atoms with Gasteiger partial charge in [0.15, 0.2) is 0 Å². The molecule has 9 heteroatoms. The summed E-state index contributed by atoms with van der Waals surface area (Å²) < 4.78 is 29.4. The van der Waals surface area contributed by atoms with Crippen LogP contribution in [0.1, 0.15) is 21.7 Å². The van der Waals surface area contributed by atoms with Crippen molar-refractivity contribution in [3.8, 4) is 5.69 Å². The second-order valence-electron chi connectivity index (χ2n) is 7.98. The summed E-state index contributed by atoms with van der Waals surface area (Å²) in [5.41, 5.74) is 3.27. The van der Waals surface area contributed by atoms with Gasteiger partial charge in [0.05, 0.1) is 27.7 Å². The molecule has 1 saturated heterocycles. The first-order valence-electron chi connectivity index (χ1n) is 10.5. The van der Waals surface area contributed by atoms with Crippen molar-refractivity contribution < 1.29 is 13.2 Å². The number of nitrogens with zero attached hydrogens (tertiary/aromatic N) is 4. The molecule has 0 radical (unpaired) electrons. The molecule has 3 aromatic rings. The Kier molecular flexibility index (Phi) is 6.14. The van der Waals surface area contributed by atoms with Gasteiger partial charge in [-0.05, 0) is 51.2 Å². The number of hydrogen-bond acceptors (Lipinski definition) is 5. The van der Waals surface area contributed by atoms with Gasteiger partial charge in [-0.2, -0.15) is 9.40 Å². The number of carbonyl (C=O) groups excluding carboxylic acids is 1. The number of carbonyl (C=O) groups is 1. The van der Waals surface area contributed by atoms with Crippen LogP contribution in [0.2, 0.25) is 0 Å². The molecule has 1 fully saturated rings. The second kappa shape index (κ2) is 8.85. The van der Waals surface area contributed by atoms with E-state index in [9.17, 15) is 13.2 Å². The molecule has 4 rings (SSSR count). The SMILES string of the molecule is Cc1nn(-c2ccccc2)c(C)c1NC(=O)c1cccc(S(=O)(=O)N2CCN(C)CC2)c1. The molecule has 1 aliphatic heterocycles. The maximum absolute atomic E-state index is 13.1. The predicted octanol–water partition coefficient (Wildman–Crippen LogP) is 2.68. The molecule has 8 nitrogen and oxygen atoms in total. The zero-order valence-corrected chi connectivity index (χ0v) is 19.3. The maximum Gasteiger partial charge on any atom is 0.255 e. The van der Waals surface area contributed by atoms with Gasteiger partial charge < -0.3 is 10.2 Å². The van der Waals surface area contributed by atoms with Crippen molar-refractivity contribution in [1.29, 1.82) is 0 Å². The quantitative estimate of drug-likeness (QED) is 0.642. The van der Waals surface area contributed by atoms with Gasteiger partial charge in [0.25, 0.3) is 5.91 Å². The molecule has 0 bridgehead atoms. The van der Waals surface area contributed by atoms with Crippen molar-refractivity contribution in [3.05, 3.63) is 71.5 Å². The minimum Gasteiger partial charge on any atom is -0.319 e. The van der Waals surface area contributed by atoms with Gasteiger partial charge >= 0.3 is 0 Å². The molecule has 0 aliphatic carbocycles. The second-order valence-corrected chi connectivity index (χ2v) is 9.92. The highest BCUT2D eigenvalue weighted by molar-refractivity contribution is 7.89. The molecule has 0 spiro atoms. The van der Waals surface area contributed by atoms with E-state index in [0.717, 1.165) is 11.4 Å². The third-order valence-electron chi connectivity index (χ3n) is 5.73. The van der Waals surface area contributed by atoms with Gasteiger partial charge in [-0.3, -0.25) is 4.79 Å². The number of para-hydroxylation sites is 1. The monoisotopic (exact) mass is 453 g/mol. The fourth-order valence-corrected chi connectivity index (χ4v) is 5.27. The molecule has 0 atom stereocenters. The number of hydrogen-bond donors (Lipinski definition) is 1. The summed E-state index contributed by atoms with van der Waals surface area (Å²) in [7, 11) is -1.68. The summed E-state index contributed by atoms with van der Waals surface area (Å²) >= 11 is 0. The summed E-state index contributed by atoms with van der Waals surface area (Å²) in [6, 6.07) is 15.9. The van der Waals surface area contributed by atoms with Crippen LogP contribution < -0.4 is 5.32 Å². The van der Waals surface area contributed by atoms with Crippen LogP contribution in [0.15, 0.2) is 59.5 Å². The van der Waals surface area contributed by atoms with Crippen molar-refractivity contribution in [2.24, 2.45) is 0 Å². The zero-order valence-electron chi connectivity index (χ0n) is 18.4. The van der Waals surface area contributed by atoms with E-state index in [1.54, 1.807) is 16.8 Å². The number of amides is 1. The molecule has 1 N–H and O–H groups in total. The minimum atomic E-state index is -3.65. The van der Waals surface area contributed by atoms with Gasteiger partial charge in [-0.15, -0.1) is 0 Å². The standard InChI is InChI=1S/C23H27N5O3S/c1-17-22(18(2)28(25-17)20-9-5-4-6-10-20)24-23(29)19-8-7-11-21(16-19)32(30,31)27-14-12-26(3)13-15-27/h4-11,16H,12-15H2,1-3H3,(H,24,29). The number of rotatable bonds is 5. The van der Waals surface area contributed by atoms with Crippen molar-refractivity contribution in [1.82, 2.24) is 19.0 Å². The fourth-order valence-electron chi connectivity index (χ4n) is 3.81. The summed E-state index contributed by atoms with van der Waals surface area (Å²) in [6.45, 7) is 5.96. The predicted molar refractivity (Wildman–Crippen MR) is 124 cm³/mol. The van der Waals surface area contributed by atoms with Gasteiger partial charge in [0, 0.05) is 31.7 Å². The Bertz CT molecular complexity index is 1230. The molecule has 0 unspecified atom stereocenters. The lowest BCUT2D eigenvalue weighted by atomic mass is 10.2. The Morgan fingerprint density at radius 2 is 1.66 bits per heavy atom. The Balaban J connectivity index is 1.57. The normalized spacial score (nSPS) is 15.6. The Hall–Kier alpha value is -3.01. The lowest BCUT2D eigenvalue weighted by Crippen LogP contribution is -2.47. The summed E-state index contributed by atoms with van der Waals surface area (Å²) in [6.07, 6.45) is 0. The van der Waals surface area contributed by atoms with E-state index in [-0.39, 0.29) is 16.4 Å². The molecule has 2 aromatic carbocycles. The number of likely N-dealkylation sites (N-methyl/N-ethyl adjacent to an activating group) is 1. The van der Waals surface area contributed by atoms with Crippen LogP contribution in [-0.2, 0) is 10.0 Å². The number of piperazine rings is 1. The first kappa shape index (κ1) is 22.2. The third kappa shape index (κ3) is 4.32. The topological polar surface area (TPSA) is 87.5 Å². The number of aryl methyl sites for hydroxylation is 1. The number of anilines is 1. The van der Waals surface area contributed by atoms with E-state index in [4.69, 9.17) is 0 Å². The van der Waals surface area contributed by atoms with Crippen molar-refractivity contribution in [2.75, 3.05) is 38.5 Å². The summed E-state index contributed by atoms with van der Waals surface area (Å²) in [4.78, 5) is 15.2. The highest BCUT2D eigenvalue weighted by atomic mass is 32.2. The number of sulfonamides is 1. The van der Waals surface area contributed by atoms with E-state index in [1.807, 2.05) is 51.2 Å². The summed E-state index contributed by atoms with van der Waals surface area (Å²) in [5.74, 6) is -0.376. The third-order valence-corrected chi connectivity index (χ3v) is 7.62. The summed E-state index contributed by atoms with van der Waals surface area (Å²) in [5, 5.41) is 7.46. The number of aromatic nitrogens is 2. The smallest absolute Gasteiger partial charge is 0.255 e. The highest BCUT2D eigenvalue weighted by Crippen LogP contribution is 2.24. The lowest BCUT2D eigenvalue weighted by Gasteiger charge is -2.31. The van der Waals surface area contributed by atoms with Crippen LogP contribution in [0.3, 0.4) is 0 Å². The van der Waals surface area contributed by atoms with Gasteiger partial charge in [-0.1, -0.05) is 24.3 Å². The van der Waals surface area contributed by atoms with Crippen molar-refractivity contribution in [3.63, 3.8) is 0 Å². The largest absolute Gasteiger partial charge is 0.319 e. The highest BCUT2D eigenvalue weighted by Gasteiger charge is 2.28. The van der Waals surface area contributed by atoms with Crippen LogP contribution in [0.4, 0.5) is 5.69 Å². The van der Waals surface area contributed by atoms with Crippen LogP contribution in [0.25, 0.3) is 5.69 Å². The fraction of sp³-hybridized carbons (Fsp3) is 0.304. The Morgan fingerprint density at radius 1 is 0.969 bits per heavy atom. The van der Waals surface area contributed by atoms with E-state index < -0.39 is 10.0 Å². The Labute approximate surface area is 188 Å². The average molecular weight is 454 g/mol. The van der Waals surface area contributed by atoms with E-state index in [2.05, 4.69) is 15.3 Å². The lowest BCUT2D eigenvalue weighted by molar-refractivity contribution is 0.102. The molecule has 168 valence electrons. The van der Waals surface area contributed by atoms with Crippen LogP contribution >= 0.6 is 0 Å². The van der Waals surface area contributed by atoms with Crippen LogP contribution in [0.5, 0.6) is 0 Å². The van der Waals surface area contributed by atoms with Crippen LogP contribution in [0, 0.1) is 13.8 Å². The Morgan fingerprint density at radius 3 is 2.34 bits per heavy atom. The molecule has 1 amide bonds. The van der Waals surface area contributed by atoms with Crippen LogP contribution in [-0.4, -0.2) is 66.5 Å². The maximum atomic E-state index is 13.1. The first-order chi connectivity index (χ1) is 15.3. The van der Waals surface area contributed by atoms with Gasteiger partial charge in [0.1, 0.15) is 0 Å². The molecular weight excluding hydrogens is 426 g/mol. The first-order valence-corrected chi connectivity index (χ1v) is 11.9. The number of nitrogens with one attached hydrogen (secondary N) is 1.